The Morgan fingerprint density at radius 3 is 2.71 bits per heavy atom. The molecule has 96 valence electrons. The number of aromatic amines is 1. The largest absolute Gasteiger partial charge is 0.328 e. The Morgan fingerprint density at radius 2 is 2.12 bits per heavy atom. The van der Waals surface area contributed by atoms with Crippen LogP contribution in [0.3, 0.4) is 0 Å². The number of hydrogen-bond donors (Lipinski definition) is 2. The highest BCUT2D eigenvalue weighted by molar-refractivity contribution is 6.30. The van der Waals surface area contributed by atoms with Crippen LogP contribution in [-0.2, 0) is 6.54 Å². The summed E-state index contributed by atoms with van der Waals surface area (Å²) in [5, 5.41) is 3.35. The summed E-state index contributed by atoms with van der Waals surface area (Å²) in [5.41, 5.74) is -0.944. The Labute approximate surface area is 105 Å². The van der Waals surface area contributed by atoms with Crippen molar-refractivity contribution in [3.63, 3.8) is 0 Å². The monoisotopic (exact) mass is 259 g/mol. The van der Waals surface area contributed by atoms with Gasteiger partial charge in [0, 0.05) is 24.8 Å². The molecule has 1 aromatic rings. The van der Waals surface area contributed by atoms with Crippen molar-refractivity contribution < 1.29 is 0 Å². The van der Waals surface area contributed by atoms with E-state index >= 15 is 0 Å². The molecule has 17 heavy (non-hydrogen) atoms. The number of hydrogen-bond acceptors (Lipinski definition) is 3. The van der Waals surface area contributed by atoms with Crippen LogP contribution in [0.5, 0.6) is 0 Å². The molecule has 0 amide bonds. The van der Waals surface area contributed by atoms with Crippen LogP contribution in [0.2, 0.25) is 5.02 Å². The molecule has 5 nitrogen and oxygen atoms in total. The van der Waals surface area contributed by atoms with E-state index in [1.165, 1.54) is 10.8 Å². The number of aromatic nitrogens is 2. The number of nitrogens with zero attached hydrogens (tertiary/aromatic N) is 1. The Hall–Kier alpha value is -1.07. The molecule has 0 atom stereocenters. The first-order valence-corrected chi connectivity index (χ1v) is 5.98. The highest BCUT2D eigenvalue weighted by Gasteiger charge is 2.13. The first-order chi connectivity index (χ1) is 7.85. The summed E-state index contributed by atoms with van der Waals surface area (Å²) in [5.74, 6) is 0. The lowest BCUT2D eigenvalue weighted by atomic mass is 10.0. The van der Waals surface area contributed by atoms with Gasteiger partial charge in [0.15, 0.2) is 0 Å². The molecule has 0 aromatic carbocycles. The summed E-state index contributed by atoms with van der Waals surface area (Å²) in [4.78, 5) is 24.7. The summed E-state index contributed by atoms with van der Waals surface area (Å²) in [6, 6.07) is 0. The van der Waals surface area contributed by atoms with Gasteiger partial charge in [0.25, 0.3) is 5.56 Å². The minimum Gasteiger partial charge on any atom is -0.310 e. The zero-order chi connectivity index (χ0) is 13.1. The number of rotatable bonds is 5. The van der Waals surface area contributed by atoms with Crippen molar-refractivity contribution in [3.05, 3.63) is 32.1 Å². The molecule has 0 saturated heterocycles. The lowest BCUT2D eigenvalue weighted by Crippen LogP contribution is -2.41. The third-order valence-corrected chi connectivity index (χ3v) is 3.08. The van der Waals surface area contributed by atoms with E-state index in [0.717, 1.165) is 6.42 Å². The number of halogens is 1. The molecule has 0 aliphatic rings. The Bertz CT molecular complexity index is 490. The molecule has 0 bridgehead atoms. The van der Waals surface area contributed by atoms with Gasteiger partial charge in [-0.05, 0) is 20.3 Å². The molecule has 1 aromatic heterocycles. The van der Waals surface area contributed by atoms with Gasteiger partial charge in [0.1, 0.15) is 5.02 Å². The first kappa shape index (κ1) is 14.0. The van der Waals surface area contributed by atoms with Gasteiger partial charge in [0.05, 0.1) is 0 Å². The molecule has 0 radical (unpaired) electrons. The molecule has 0 unspecified atom stereocenters. The second kappa shape index (κ2) is 5.51. The van der Waals surface area contributed by atoms with Gasteiger partial charge in [0.2, 0.25) is 0 Å². The van der Waals surface area contributed by atoms with Crippen LogP contribution in [0, 0.1) is 0 Å². The summed E-state index contributed by atoms with van der Waals surface area (Å²) in [7, 11) is 0. The maximum atomic E-state index is 11.4. The minimum atomic E-state index is -0.547. The number of H-pyrrole nitrogens is 1. The lowest BCUT2D eigenvalue weighted by Gasteiger charge is -2.24. The van der Waals surface area contributed by atoms with Crippen LogP contribution < -0.4 is 16.6 Å². The van der Waals surface area contributed by atoms with Crippen LogP contribution in [-0.4, -0.2) is 21.6 Å². The summed E-state index contributed by atoms with van der Waals surface area (Å²) < 4.78 is 1.39. The van der Waals surface area contributed by atoms with Gasteiger partial charge in [-0.1, -0.05) is 18.5 Å². The van der Waals surface area contributed by atoms with Gasteiger partial charge < -0.3 is 5.32 Å². The topological polar surface area (TPSA) is 66.9 Å². The molecular formula is C11H18ClN3O2. The van der Waals surface area contributed by atoms with E-state index in [-0.39, 0.29) is 10.6 Å². The van der Waals surface area contributed by atoms with Gasteiger partial charge in [-0.2, -0.15) is 0 Å². The smallest absolute Gasteiger partial charge is 0.310 e. The van der Waals surface area contributed by atoms with Gasteiger partial charge in [-0.15, -0.1) is 0 Å². The third kappa shape index (κ3) is 4.02. The molecule has 0 aliphatic carbocycles. The average molecular weight is 260 g/mol. The van der Waals surface area contributed by atoms with Gasteiger partial charge in [-0.3, -0.25) is 14.3 Å². The molecule has 0 saturated carbocycles. The van der Waals surface area contributed by atoms with E-state index in [1.807, 2.05) is 0 Å². The van der Waals surface area contributed by atoms with Crippen molar-refractivity contribution in [2.75, 3.05) is 6.54 Å². The summed E-state index contributed by atoms with van der Waals surface area (Å²) in [6.07, 6.45) is 2.36. The van der Waals surface area contributed by atoms with E-state index in [9.17, 15) is 9.59 Å². The fourth-order valence-electron chi connectivity index (χ4n) is 1.29. The predicted octanol–water partition coefficient (Wildman–Crippen LogP) is 0.968. The van der Waals surface area contributed by atoms with Crippen LogP contribution in [0.4, 0.5) is 0 Å². The van der Waals surface area contributed by atoms with E-state index < -0.39 is 11.2 Å². The maximum absolute atomic E-state index is 11.4. The first-order valence-electron chi connectivity index (χ1n) is 5.60. The van der Waals surface area contributed by atoms with Crippen molar-refractivity contribution in [1.29, 1.82) is 0 Å². The maximum Gasteiger partial charge on any atom is 0.328 e. The predicted molar refractivity (Wildman–Crippen MR) is 68.7 cm³/mol. The molecule has 0 spiro atoms. The standard InChI is InChI=1S/C11H18ClN3O2/c1-4-11(2,3)13-5-6-15-7-8(12)9(16)14-10(15)17/h7,13H,4-6H2,1-3H3,(H,14,16,17). The highest BCUT2D eigenvalue weighted by Crippen LogP contribution is 2.05. The van der Waals surface area contributed by atoms with Crippen molar-refractivity contribution in [2.24, 2.45) is 0 Å². The Kier molecular flexibility index (Phi) is 4.54. The average Bonchev–Trinajstić information content (AvgIpc) is 2.25. The van der Waals surface area contributed by atoms with Crippen LogP contribution in [0.1, 0.15) is 27.2 Å². The van der Waals surface area contributed by atoms with E-state index in [0.29, 0.717) is 13.1 Å². The van der Waals surface area contributed by atoms with Crippen molar-refractivity contribution in [2.45, 2.75) is 39.3 Å². The van der Waals surface area contributed by atoms with E-state index in [1.54, 1.807) is 0 Å². The van der Waals surface area contributed by atoms with Gasteiger partial charge >= 0.3 is 5.69 Å². The summed E-state index contributed by atoms with van der Waals surface area (Å²) in [6.45, 7) is 7.39. The van der Waals surface area contributed by atoms with Crippen molar-refractivity contribution in [1.82, 2.24) is 14.9 Å². The molecular weight excluding hydrogens is 242 g/mol. The van der Waals surface area contributed by atoms with E-state index in [2.05, 4.69) is 31.1 Å². The van der Waals surface area contributed by atoms with E-state index in [4.69, 9.17) is 11.6 Å². The quantitative estimate of drug-likeness (QED) is 0.828. The van der Waals surface area contributed by atoms with Crippen molar-refractivity contribution >= 4 is 11.6 Å². The van der Waals surface area contributed by atoms with Gasteiger partial charge in [-0.25, -0.2) is 4.79 Å². The molecule has 0 fully saturated rings. The molecule has 2 N–H and O–H groups in total. The molecule has 1 heterocycles. The zero-order valence-corrected chi connectivity index (χ0v) is 11.1. The molecule has 1 rings (SSSR count). The SMILES string of the molecule is CCC(C)(C)NCCn1cc(Cl)c(=O)[nH]c1=O. The van der Waals surface area contributed by atoms with Crippen molar-refractivity contribution in [3.8, 4) is 0 Å². The second-order valence-corrected chi connectivity index (χ2v) is 5.00. The summed E-state index contributed by atoms with van der Waals surface area (Å²) >= 11 is 5.66. The van der Waals surface area contributed by atoms with Crippen LogP contribution in [0.15, 0.2) is 15.8 Å². The minimum absolute atomic E-state index is 0.0272. The molecule has 0 aliphatic heterocycles. The normalized spacial score (nSPS) is 11.8. The highest BCUT2D eigenvalue weighted by atomic mass is 35.5. The third-order valence-electron chi connectivity index (χ3n) is 2.81. The Balaban J connectivity index is 2.68. The fourth-order valence-corrected chi connectivity index (χ4v) is 1.45. The fraction of sp³-hybridized carbons (Fsp3) is 0.636. The lowest BCUT2D eigenvalue weighted by molar-refractivity contribution is 0.366. The second-order valence-electron chi connectivity index (χ2n) is 4.59. The Morgan fingerprint density at radius 1 is 1.47 bits per heavy atom. The van der Waals surface area contributed by atoms with Crippen LogP contribution in [0.25, 0.3) is 0 Å². The molecule has 6 heteroatoms. The number of nitrogens with one attached hydrogen (secondary N) is 2. The van der Waals surface area contributed by atoms with Crippen LogP contribution >= 0.6 is 11.6 Å². The zero-order valence-electron chi connectivity index (χ0n) is 10.3.